The quantitative estimate of drug-likeness (QED) is 0.846. The summed E-state index contributed by atoms with van der Waals surface area (Å²) in [5, 5.41) is 0. The summed E-state index contributed by atoms with van der Waals surface area (Å²) >= 11 is 0. The molecule has 0 radical (unpaired) electrons. The zero-order chi connectivity index (χ0) is 16.2. The molecule has 2 aromatic carbocycles. The molecule has 1 aliphatic heterocycles. The predicted molar refractivity (Wildman–Crippen MR) is 83.1 cm³/mol. The summed E-state index contributed by atoms with van der Waals surface area (Å²) in [4.78, 5) is 23.9. The van der Waals surface area contributed by atoms with E-state index in [2.05, 4.69) is 10.9 Å². The van der Waals surface area contributed by atoms with Crippen molar-refractivity contribution in [1.82, 2.24) is 10.9 Å². The average molecular weight is 312 g/mol. The van der Waals surface area contributed by atoms with E-state index in [1.807, 2.05) is 31.2 Å². The molecular weight excluding hydrogens is 296 g/mol. The van der Waals surface area contributed by atoms with Gasteiger partial charge in [0.2, 0.25) is 12.7 Å². The maximum absolute atomic E-state index is 12.0. The fraction of sp³-hybridized carbons (Fsp3) is 0.176. The van der Waals surface area contributed by atoms with E-state index >= 15 is 0 Å². The van der Waals surface area contributed by atoms with E-state index in [-0.39, 0.29) is 19.1 Å². The fourth-order valence-corrected chi connectivity index (χ4v) is 2.17. The van der Waals surface area contributed by atoms with Gasteiger partial charge in [0, 0.05) is 5.56 Å². The Morgan fingerprint density at radius 2 is 1.74 bits per heavy atom. The van der Waals surface area contributed by atoms with Crippen LogP contribution in [0.5, 0.6) is 11.5 Å². The molecule has 2 amide bonds. The van der Waals surface area contributed by atoms with Crippen molar-refractivity contribution in [2.45, 2.75) is 13.3 Å². The van der Waals surface area contributed by atoms with E-state index < -0.39 is 5.91 Å². The van der Waals surface area contributed by atoms with Crippen molar-refractivity contribution in [2.75, 3.05) is 6.79 Å². The highest BCUT2D eigenvalue weighted by atomic mass is 16.7. The first-order valence-corrected chi connectivity index (χ1v) is 7.16. The summed E-state index contributed by atoms with van der Waals surface area (Å²) in [6.45, 7) is 2.13. The molecule has 0 fully saturated rings. The van der Waals surface area contributed by atoms with E-state index in [0.717, 1.165) is 11.1 Å². The number of carbonyl (C=O) groups excluding carboxylic acids is 2. The van der Waals surface area contributed by atoms with E-state index in [0.29, 0.717) is 17.1 Å². The largest absolute Gasteiger partial charge is 0.454 e. The van der Waals surface area contributed by atoms with Crippen molar-refractivity contribution >= 4 is 11.8 Å². The maximum atomic E-state index is 12.0. The van der Waals surface area contributed by atoms with Gasteiger partial charge in [0.15, 0.2) is 11.5 Å². The normalized spacial score (nSPS) is 11.9. The molecule has 118 valence electrons. The van der Waals surface area contributed by atoms with Crippen LogP contribution in [0.3, 0.4) is 0 Å². The summed E-state index contributed by atoms with van der Waals surface area (Å²) < 4.78 is 10.4. The molecule has 0 aliphatic carbocycles. The highest BCUT2D eigenvalue weighted by Gasteiger charge is 2.16. The Morgan fingerprint density at radius 3 is 2.52 bits per heavy atom. The Bertz CT molecular complexity index is 741. The number of hydrogen-bond acceptors (Lipinski definition) is 4. The minimum absolute atomic E-state index is 0.147. The number of aryl methyl sites for hydroxylation is 1. The van der Waals surface area contributed by atoms with Crippen molar-refractivity contribution in [3.05, 3.63) is 59.2 Å². The van der Waals surface area contributed by atoms with Gasteiger partial charge in [0.25, 0.3) is 5.91 Å². The third kappa shape index (κ3) is 3.60. The second-order valence-corrected chi connectivity index (χ2v) is 5.23. The lowest BCUT2D eigenvalue weighted by atomic mass is 10.1. The minimum Gasteiger partial charge on any atom is -0.454 e. The number of carbonyl (C=O) groups is 2. The van der Waals surface area contributed by atoms with Crippen LogP contribution >= 0.6 is 0 Å². The molecule has 0 spiro atoms. The van der Waals surface area contributed by atoms with Crippen LogP contribution < -0.4 is 20.3 Å². The average Bonchev–Trinajstić information content (AvgIpc) is 3.02. The number of rotatable bonds is 3. The van der Waals surface area contributed by atoms with E-state index in [9.17, 15) is 9.59 Å². The molecule has 0 bridgehead atoms. The molecule has 1 heterocycles. The Morgan fingerprint density at radius 1 is 1.00 bits per heavy atom. The summed E-state index contributed by atoms with van der Waals surface area (Å²) in [5.41, 5.74) is 7.18. The Balaban J connectivity index is 1.54. The number of fused-ring (bicyclic) bond motifs is 1. The van der Waals surface area contributed by atoms with Crippen molar-refractivity contribution < 1.29 is 19.1 Å². The van der Waals surface area contributed by atoms with Gasteiger partial charge in [-0.2, -0.15) is 0 Å². The van der Waals surface area contributed by atoms with Gasteiger partial charge in [-0.1, -0.05) is 29.8 Å². The third-order valence-electron chi connectivity index (χ3n) is 3.44. The zero-order valence-corrected chi connectivity index (χ0v) is 12.6. The van der Waals surface area contributed by atoms with Crippen LogP contribution in [0, 0.1) is 6.92 Å². The van der Waals surface area contributed by atoms with Crippen LogP contribution in [0.1, 0.15) is 21.5 Å². The fourth-order valence-electron chi connectivity index (χ4n) is 2.17. The molecule has 1 aliphatic rings. The van der Waals surface area contributed by atoms with Gasteiger partial charge in [-0.3, -0.25) is 20.4 Å². The van der Waals surface area contributed by atoms with Gasteiger partial charge >= 0.3 is 0 Å². The van der Waals surface area contributed by atoms with E-state index in [1.165, 1.54) is 0 Å². The zero-order valence-electron chi connectivity index (χ0n) is 12.6. The summed E-state index contributed by atoms with van der Waals surface area (Å²) in [6, 6.07) is 12.5. The number of benzene rings is 2. The molecule has 0 saturated heterocycles. The van der Waals surface area contributed by atoms with Crippen LogP contribution in [-0.4, -0.2) is 18.6 Å². The molecule has 0 saturated carbocycles. The van der Waals surface area contributed by atoms with Crippen LogP contribution in [-0.2, 0) is 11.2 Å². The van der Waals surface area contributed by atoms with Crippen molar-refractivity contribution in [3.63, 3.8) is 0 Å². The van der Waals surface area contributed by atoms with Gasteiger partial charge in [-0.05, 0) is 30.7 Å². The number of hydrogen-bond donors (Lipinski definition) is 2. The molecule has 0 unspecified atom stereocenters. The first kappa shape index (κ1) is 14.9. The highest BCUT2D eigenvalue weighted by Crippen LogP contribution is 2.32. The van der Waals surface area contributed by atoms with Gasteiger partial charge in [-0.15, -0.1) is 0 Å². The monoisotopic (exact) mass is 312 g/mol. The van der Waals surface area contributed by atoms with Crippen molar-refractivity contribution in [2.24, 2.45) is 0 Å². The summed E-state index contributed by atoms with van der Waals surface area (Å²) in [6.07, 6.45) is 0.196. The number of hydrazine groups is 1. The topological polar surface area (TPSA) is 76.7 Å². The number of nitrogens with one attached hydrogen (secondary N) is 2. The lowest BCUT2D eigenvalue weighted by Gasteiger charge is -2.08. The Hall–Kier alpha value is -3.02. The molecule has 2 N–H and O–H groups in total. The van der Waals surface area contributed by atoms with Crippen molar-refractivity contribution in [3.8, 4) is 11.5 Å². The smallest absolute Gasteiger partial charge is 0.269 e. The molecule has 2 aromatic rings. The van der Waals surface area contributed by atoms with Gasteiger partial charge in [-0.25, -0.2) is 0 Å². The highest BCUT2D eigenvalue weighted by molar-refractivity contribution is 5.96. The van der Waals surface area contributed by atoms with Crippen LogP contribution in [0.25, 0.3) is 0 Å². The SMILES string of the molecule is Cc1ccc(CC(=O)NNC(=O)c2ccc3c(c2)OCO3)cc1. The molecular formula is C17H16N2O4. The van der Waals surface area contributed by atoms with E-state index in [1.54, 1.807) is 18.2 Å². The maximum Gasteiger partial charge on any atom is 0.269 e. The molecule has 6 nitrogen and oxygen atoms in total. The number of amides is 2. The lowest BCUT2D eigenvalue weighted by molar-refractivity contribution is -0.121. The second-order valence-electron chi connectivity index (χ2n) is 5.23. The van der Waals surface area contributed by atoms with Gasteiger partial charge < -0.3 is 9.47 Å². The second kappa shape index (κ2) is 6.39. The summed E-state index contributed by atoms with van der Waals surface area (Å²) in [7, 11) is 0. The molecule has 0 atom stereocenters. The molecule has 0 aromatic heterocycles. The standard InChI is InChI=1S/C17H16N2O4/c1-11-2-4-12(5-3-11)8-16(20)18-19-17(21)13-6-7-14-15(9-13)23-10-22-14/h2-7,9H,8,10H2,1H3,(H,18,20)(H,19,21). The van der Waals surface area contributed by atoms with E-state index in [4.69, 9.17) is 9.47 Å². The van der Waals surface area contributed by atoms with Crippen molar-refractivity contribution in [1.29, 1.82) is 0 Å². The van der Waals surface area contributed by atoms with Crippen LogP contribution in [0.4, 0.5) is 0 Å². The van der Waals surface area contributed by atoms with Crippen LogP contribution in [0.15, 0.2) is 42.5 Å². The molecule has 23 heavy (non-hydrogen) atoms. The molecule has 6 heteroatoms. The lowest BCUT2D eigenvalue weighted by Crippen LogP contribution is -2.42. The first-order chi connectivity index (χ1) is 11.1. The predicted octanol–water partition coefficient (Wildman–Crippen LogP) is 1.73. The Labute approximate surface area is 133 Å². The van der Waals surface area contributed by atoms with Crippen LogP contribution in [0.2, 0.25) is 0 Å². The number of ether oxygens (including phenoxy) is 2. The van der Waals surface area contributed by atoms with Gasteiger partial charge in [0.05, 0.1) is 6.42 Å². The third-order valence-corrected chi connectivity index (χ3v) is 3.44. The molecule has 3 rings (SSSR count). The Kier molecular flexibility index (Phi) is 4.14. The van der Waals surface area contributed by atoms with Gasteiger partial charge in [0.1, 0.15) is 0 Å². The summed E-state index contributed by atoms with van der Waals surface area (Å²) in [5.74, 6) is 0.414. The minimum atomic E-state index is -0.416. The first-order valence-electron chi connectivity index (χ1n) is 7.16.